The zero-order valence-electron chi connectivity index (χ0n) is 16.8. The van der Waals surface area contributed by atoms with Gasteiger partial charge in [0.1, 0.15) is 0 Å². The maximum Gasteiger partial charge on any atom is 0.0695 e. The van der Waals surface area contributed by atoms with Crippen molar-refractivity contribution in [2.45, 2.75) is 129 Å². The molecule has 2 heteroatoms. The maximum absolute atomic E-state index is 10.4. The van der Waals surface area contributed by atoms with Gasteiger partial charge in [-0.2, -0.15) is 0 Å². The lowest BCUT2D eigenvalue weighted by atomic mass is 9.91. The number of rotatable bonds is 15. The molecule has 2 nitrogen and oxygen atoms in total. The quantitative estimate of drug-likeness (QED) is 0.353. The van der Waals surface area contributed by atoms with Gasteiger partial charge in [0.05, 0.1) is 6.10 Å². The van der Waals surface area contributed by atoms with E-state index in [-0.39, 0.29) is 6.10 Å². The summed E-state index contributed by atoms with van der Waals surface area (Å²) >= 11 is 0. The van der Waals surface area contributed by atoms with Crippen molar-refractivity contribution in [3.8, 4) is 0 Å². The van der Waals surface area contributed by atoms with Gasteiger partial charge in [0.25, 0.3) is 0 Å². The minimum absolute atomic E-state index is 0.0704. The van der Waals surface area contributed by atoms with Crippen LogP contribution in [-0.2, 0) is 0 Å². The van der Waals surface area contributed by atoms with E-state index in [1.54, 1.807) is 0 Å². The van der Waals surface area contributed by atoms with E-state index >= 15 is 0 Å². The summed E-state index contributed by atoms with van der Waals surface area (Å²) < 4.78 is 0. The SMILES string of the molecule is CCCCCCCCN(CCCCCCCC)C1CCCCC1O. The molecule has 1 saturated carbocycles. The molecule has 1 aliphatic carbocycles. The molecule has 0 aromatic heterocycles. The molecule has 0 aliphatic heterocycles. The predicted molar refractivity (Wildman–Crippen MR) is 107 cm³/mol. The molecule has 0 aromatic rings. The Morgan fingerprint density at radius 2 is 1.12 bits per heavy atom. The van der Waals surface area contributed by atoms with Crippen molar-refractivity contribution < 1.29 is 5.11 Å². The number of unbranched alkanes of at least 4 members (excludes halogenated alkanes) is 10. The van der Waals surface area contributed by atoms with Gasteiger partial charge in [0.2, 0.25) is 0 Å². The largest absolute Gasteiger partial charge is 0.391 e. The summed E-state index contributed by atoms with van der Waals surface area (Å²) in [7, 11) is 0. The second-order valence-electron chi connectivity index (χ2n) is 7.99. The number of aliphatic hydroxyl groups excluding tert-OH is 1. The van der Waals surface area contributed by atoms with E-state index < -0.39 is 0 Å². The van der Waals surface area contributed by atoms with E-state index in [0.29, 0.717) is 6.04 Å². The number of aliphatic hydroxyl groups is 1. The Balaban J connectivity index is 2.27. The van der Waals surface area contributed by atoms with Crippen LogP contribution in [0.4, 0.5) is 0 Å². The number of nitrogens with zero attached hydrogens (tertiary/aromatic N) is 1. The fraction of sp³-hybridized carbons (Fsp3) is 1.00. The zero-order valence-corrected chi connectivity index (χ0v) is 16.8. The third-order valence-electron chi connectivity index (χ3n) is 5.76. The summed E-state index contributed by atoms with van der Waals surface area (Å²) in [5.74, 6) is 0. The highest BCUT2D eigenvalue weighted by molar-refractivity contribution is 4.83. The van der Waals surface area contributed by atoms with Gasteiger partial charge in [-0.1, -0.05) is 90.9 Å². The molecule has 0 bridgehead atoms. The van der Waals surface area contributed by atoms with Crippen LogP contribution in [-0.4, -0.2) is 35.2 Å². The van der Waals surface area contributed by atoms with Crippen molar-refractivity contribution in [2.24, 2.45) is 0 Å². The molecule has 0 aromatic carbocycles. The molecule has 0 radical (unpaired) electrons. The second-order valence-corrected chi connectivity index (χ2v) is 7.99. The van der Waals surface area contributed by atoms with Crippen LogP contribution in [0.15, 0.2) is 0 Å². The van der Waals surface area contributed by atoms with Crippen molar-refractivity contribution >= 4 is 0 Å². The van der Waals surface area contributed by atoms with Gasteiger partial charge in [-0.3, -0.25) is 4.90 Å². The fourth-order valence-corrected chi connectivity index (χ4v) is 4.15. The third kappa shape index (κ3) is 10.0. The molecule has 2 atom stereocenters. The van der Waals surface area contributed by atoms with E-state index in [0.717, 1.165) is 6.42 Å². The molecule has 1 N–H and O–H groups in total. The zero-order chi connectivity index (χ0) is 17.5. The topological polar surface area (TPSA) is 23.5 Å². The van der Waals surface area contributed by atoms with Crippen LogP contribution in [0.1, 0.15) is 117 Å². The minimum Gasteiger partial charge on any atom is -0.391 e. The van der Waals surface area contributed by atoms with Crippen LogP contribution in [0.3, 0.4) is 0 Å². The van der Waals surface area contributed by atoms with Crippen LogP contribution < -0.4 is 0 Å². The van der Waals surface area contributed by atoms with Crippen molar-refractivity contribution in [3.63, 3.8) is 0 Å². The first-order chi connectivity index (χ1) is 11.8. The van der Waals surface area contributed by atoms with Crippen molar-refractivity contribution in [3.05, 3.63) is 0 Å². The highest BCUT2D eigenvalue weighted by Gasteiger charge is 2.27. The smallest absolute Gasteiger partial charge is 0.0695 e. The summed E-state index contributed by atoms with van der Waals surface area (Å²) in [6, 6.07) is 0.449. The summed E-state index contributed by atoms with van der Waals surface area (Å²) in [5.41, 5.74) is 0. The monoisotopic (exact) mass is 339 g/mol. The molecule has 1 rings (SSSR count). The lowest BCUT2D eigenvalue weighted by Crippen LogP contribution is -2.46. The molecule has 1 aliphatic rings. The average molecular weight is 340 g/mol. The highest BCUT2D eigenvalue weighted by Crippen LogP contribution is 2.24. The molecule has 0 saturated heterocycles. The van der Waals surface area contributed by atoms with Gasteiger partial charge in [-0.25, -0.2) is 0 Å². The molecular weight excluding hydrogens is 294 g/mol. The van der Waals surface area contributed by atoms with E-state index in [4.69, 9.17) is 0 Å². The summed E-state index contributed by atoms with van der Waals surface area (Å²) in [6.45, 7) is 6.99. The van der Waals surface area contributed by atoms with Gasteiger partial charge in [-0.15, -0.1) is 0 Å². The Bertz CT molecular complexity index is 253. The Morgan fingerprint density at radius 3 is 1.62 bits per heavy atom. The van der Waals surface area contributed by atoms with Gasteiger partial charge in [-0.05, 0) is 38.8 Å². The summed E-state index contributed by atoms with van der Waals surface area (Å²) in [5, 5.41) is 10.4. The van der Waals surface area contributed by atoms with E-state index in [2.05, 4.69) is 18.7 Å². The van der Waals surface area contributed by atoms with E-state index in [1.807, 2.05) is 0 Å². The van der Waals surface area contributed by atoms with Crippen molar-refractivity contribution in [2.75, 3.05) is 13.1 Å². The molecular formula is C22H45NO. The van der Waals surface area contributed by atoms with Gasteiger partial charge in [0, 0.05) is 6.04 Å². The normalized spacial score (nSPS) is 21.5. The lowest BCUT2D eigenvalue weighted by Gasteiger charge is -2.38. The number of hydrogen-bond donors (Lipinski definition) is 1. The third-order valence-corrected chi connectivity index (χ3v) is 5.76. The Kier molecular flexibility index (Phi) is 13.9. The first kappa shape index (κ1) is 22.0. The Morgan fingerprint density at radius 1 is 0.667 bits per heavy atom. The minimum atomic E-state index is -0.0704. The van der Waals surface area contributed by atoms with Crippen molar-refractivity contribution in [1.82, 2.24) is 4.90 Å². The summed E-state index contributed by atoms with van der Waals surface area (Å²) in [4.78, 5) is 2.66. The molecule has 144 valence electrons. The maximum atomic E-state index is 10.4. The molecule has 0 spiro atoms. The molecule has 24 heavy (non-hydrogen) atoms. The molecule has 2 unspecified atom stereocenters. The van der Waals surface area contributed by atoms with Crippen molar-refractivity contribution in [1.29, 1.82) is 0 Å². The van der Waals surface area contributed by atoms with E-state index in [9.17, 15) is 5.11 Å². The van der Waals surface area contributed by atoms with E-state index in [1.165, 1.54) is 109 Å². The highest BCUT2D eigenvalue weighted by atomic mass is 16.3. The second kappa shape index (κ2) is 15.2. The van der Waals surface area contributed by atoms with Gasteiger partial charge < -0.3 is 5.11 Å². The van der Waals surface area contributed by atoms with Crippen LogP contribution in [0.5, 0.6) is 0 Å². The predicted octanol–water partition coefficient (Wildman–Crippen LogP) is 6.31. The van der Waals surface area contributed by atoms with Crippen LogP contribution >= 0.6 is 0 Å². The first-order valence-electron chi connectivity index (χ1n) is 11.2. The number of hydrogen-bond acceptors (Lipinski definition) is 2. The first-order valence-corrected chi connectivity index (χ1v) is 11.2. The Hall–Kier alpha value is -0.0800. The standard InChI is InChI=1S/C22H45NO/c1-3-5-7-9-11-15-19-23(20-16-12-10-8-6-4-2)21-17-13-14-18-22(21)24/h21-22,24H,3-20H2,1-2H3. The summed E-state index contributed by atoms with van der Waals surface area (Å²) in [6.07, 6.45) is 21.1. The van der Waals surface area contributed by atoms with Crippen LogP contribution in [0, 0.1) is 0 Å². The fourth-order valence-electron chi connectivity index (χ4n) is 4.15. The Labute approximate surface area is 152 Å². The van der Waals surface area contributed by atoms with Gasteiger partial charge in [0.15, 0.2) is 0 Å². The van der Waals surface area contributed by atoms with Crippen LogP contribution in [0.25, 0.3) is 0 Å². The molecule has 1 fully saturated rings. The average Bonchev–Trinajstić information content (AvgIpc) is 2.60. The molecule has 0 heterocycles. The van der Waals surface area contributed by atoms with Gasteiger partial charge >= 0.3 is 0 Å². The lowest BCUT2D eigenvalue weighted by molar-refractivity contribution is 0.0180. The van der Waals surface area contributed by atoms with Crippen LogP contribution in [0.2, 0.25) is 0 Å². The molecule has 0 amide bonds.